The van der Waals surface area contributed by atoms with Crippen molar-refractivity contribution in [3.05, 3.63) is 64.3 Å². The van der Waals surface area contributed by atoms with Crippen LogP contribution in [0.15, 0.2) is 58.7 Å². The van der Waals surface area contributed by atoms with E-state index in [1.54, 1.807) is 24.3 Å². The van der Waals surface area contributed by atoms with Gasteiger partial charge in [0.25, 0.3) is 0 Å². The quantitative estimate of drug-likeness (QED) is 0.395. The van der Waals surface area contributed by atoms with Crippen LogP contribution >= 0.6 is 15.9 Å². The smallest absolute Gasteiger partial charge is 0.352 e. The van der Waals surface area contributed by atoms with Crippen LogP contribution in [-0.4, -0.2) is 17.0 Å². The average Bonchev–Trinajstić information content (AvgIpc) is 2.77. The lowest BCUT2D eigenvalue weighted by atomic mass is 9.86. The minimum Gasteiger partial charge on any atom is -0.477 e. The molecule has 2 aromatic rings. The standard InChI is InChI=1S/C25H28BrNO4/c26-21-10-4-5-11-23(21)31-20-15-13-19(14-16-20)17-22(25(29)30)27-24(28)12-6-9-18-7-2-1-3-8-18/h4-5,10-11,13-18H,1-3,6-9,12H2,(H,27,28)(H,29,30). The van der Waals surface area contributed by atoms with Crippen LogP contribution in [0.2, 0.25) is 0 Å². The summed E-state index contributed by atoms with van der Waals surface area (Å²) < 4.78 is 6.67. The van der Waals surface area contributed by atoms with Gasteiger partial charge in [0, 0.05) is 6.42 Å². The summed E-state index contributed by atoms with van der Waals surface area (Å²) in [6.45, 7) is 0. The van der Waals surface area contributed by atoms with Crippen molar-refractivity contribution in [3.8, 4) is 11.5 Å². The number of para-hydroxylation sites is 1. The Labute approximate surface area is 191 Å². The highest BCUT2D eigenvalue weighted by Gasteiger charge is 2.15. The van der Waals surface area contributed by atoms with E-state index < -0.39 is 5.97 Å². The maximum absolute atomic E-state index is 12.2. The van der Waals surface area contributed by atoms with Crippen LogP contribution in [0.4, 0.5) is 0 Å². The van der Waals surface area contributed by atoms with Crippen LogP contribution in [0.3, 0.4) is 0 Å². The molecule has 164 valence electrons. The molecule has 0 bridgehead atoms. The molecule has 0 unspecified atom stereocenters. The molecule has 2 aromatic carbocycles. The van der Waals surface area contributed by atoms with Gasteiger partial charge in [-0.25, -0.2) is 4.79 Å². The Balaban J connectivity index is 1.55. The summed E-state index contributed by atoms with van der Waals surface area (Å²) in [5.41, 5.74) is 0.543. The van der Waals surface area contributed by atoms with Crippen molar-refractivity contribution >= 4 is 33.9 Å². The first-order chi connectivity index (χ1) is 15.0. The number of rotatable bonds is 9. The van der Waals surface area contributed by atoms with Crippen LogP contribution < -0.4 is 10.1 Å². The lowest BCUT2D eigenvalue weighted by Gasteiger charge is -2.21. The fourth-order valence-electron chi connectivity index (χ4n) is 3.84. The van der Waals surface area contributed by atoms with Crippen molar-refractivity contribution in [1.29, 1.82) is 0 Å². The molecule has 0 saturated heterocycles. The van der Waals surface area contributed by atoms with Crippen molar-refractivity contribution in [3.63, 3.8) is 0 Å². The Hall–Kier alpha value is -2.60. The number of nitrogens with one attached hydrogen (secondary N) is 1. The van der Waals surface area contributed by atoms with E-state index in [1.807, 2.05) is 24.3 Å². The second-order valence-electron chi connectivity index (χ2n) is 7.91. The molecule has 2 N–H and O–H groups in total. The molecule has 1 saturated carbocycles. The maximum atomic E-state index is 12.2. The number of halogens is 1. The summed E-state index contributed by atoms with van der Waals surface area (Å²) >= 11 is 3.44. The number of hydrogen-bond acceptors (Lipinski definition) is 3. The molecule has 0 heterocycles. The second kappa shape index (κ2) is 11.7. The minimum absolute atomic E-state index is 0.123. The molecule has 0 radical (unpaired) electrons. The molecule has 1 aliphatic carbocycles. The first kappa shape index (κ1) is 23.1. The first-order valence-corrected chi connectivity index (χ1v) is 11.6. The largest absolute Gasteiger partial charge is 0.477 e. The number of carboxylic acid groups (broad SMARTS) is 1. The molecule has 1 aliphatic rings. The van der Waals surface area contributed by atoms with Crippen molar-refractivity contribution in [2.75, 3.05) is 0 Å². The average molecular weight is 486 g/mol. The lowest BCUT2D eigenvalue weighted by Crippen LogP contribution is -2.27. The predicted octanol–water partition coefficient (Wildman–Crippen LogP) is 6.53. The van der Waals surface area contributed by atoms with Crippen molar-refractivity contribution in [2.45, 2.75) is 51.4 Å². The zero-order chi connectivity index (χ0) is 22.1. The highest BCUT2D eigenvalue weighted by atomic mass is 79.9. The van der Waals surface area contributed by atoms with Gasteiger partial charge >= 0.3 is 5.97 Å². The third kappa shape index (κ3) is 7.55. The molecule has 0 spiro atoms. The normalized spacial score (nSPS) is 14.8. The van der Waals surface area contributed by atoms with Gasteiger partial charge in [-0.3, -0.25) is 4.79 Å². The zero-order valence-corrected chi connectivity index (χ0v) is 19.1. The summed E-state index contributed by atoms with van der Waals surface area (Å²) in [4.78, 5) is 23.8. The Morgan fingerprint density at radius 2 is 1.77 bits per heavy atom. The van der Waals surface area contributed by atoms with Crippen molar-refractivity contribution in [1.82, 2.24) is 5.32 Å². The van der Waals surface area contributed by atoms with Crippen LogP contribution in [-0.2, 0) is 9.59 Å². The van der Waals surface area contributed by atoms with Crippen molar-refractivity contribution < 1.29 is 19.4 Å². The number of benzene rings is 2. The Morgan fingerprint density at radius 1 is 1.06 bits per heavy atom. The molecule has 1 fully saturated rings. The van der Waals surface area contributed by atoms with E-state index in [0.717, 1.165) is 17.3 Å². The summed E-state index contributed by atoms with van der Waals surface area (Å²) in [5, 5.41) is 12.0. The zero-order valence-electron chi connectivity index (χ0n) is 17.5. The predicted molar refractivity (Wildman–Crippen MR) is 125 cm³/mol. The Morgan fingerprint density at radius 3 is 2.45 bits per heavy atom. The van der Waals surface area contributed by atoms with Crippen LogP contribution in [0.25, 0.3) is 6.08 Å². The van der Waals surface area contributed by atoms with E-state index >= 15 is 0 Å². The van der Waals surface area contributed by atoms with E-state index in [9.17, 15) is 14.7 Å². The summed E-state index contributed by atoms with van der Waals surface area (Å²) in [5.74, 6) is 0.631. The summed E-state index contributed by atoms with van der Waals surface area (Å²) in [6, 6.07) is 14.6. The van der Waals surface area contributed by atoms with Crippen LogP contribution in [0.5, 0.6) is 11.5 Å². The molecule has 3 rings (SSSR count). The summed E-state index contributed by atoms with van der Waals surface area (Å²) in [6.07, 6.45) is 10.0. The highest BCUT2D eigenvalue weighted by molar-refractivity contribution is 9.10. The fraction of sp³-hybridized carbons (Fsp3) is 0.360. The number of carbonyl (C=O) groups is 2. The van der Waals surface area contributed by atoms with Gasteiger partial charge in [-0.05, 0) is 70.6 Å². The van der Waals surface area contributed by atoms with Crippen LogP contribution in [0.1, 0.15) is 56.9 Å². The second-order valence-corrected chi connectivity index (χ2v) is 8.76. The van der Waals surface area contributed by atoms with Gasteiger partial charge in [-0.15, -0.1) is 0 Å². The van der Waals surface area contributed by atoms with E-state index in [4.69, 9.17) is 4.74 Å². The lowest BCUT2D eigenvalue weighted by molar-refractivity contribution is -0.134. The van der Waals surface area contributed by atoms with Gasteiger partial charge < -0.3 is 15.2 Å². The monoisotopic (exact) mass is 485 g/mol. The maximum Gasteiger partial charge on any atom is 0.352 e. The number of amides is 1. The van der Waals surface area contributed by atoms with E-state index in [2.05, 4.69) is 21.2 Å². The molecular weight excluding hydrogens is 458 g/mol. The number of carbonyl (C=O) groups excluding carboxylic acids is 1. The van der Waals surface area contributed by atoms with Gasteiger partial charge in [0.05, 0.1) is 4.47 Å². The van der Waals surface area contributed by atoms with Gasteiger partial charge in [-0.1, -0.05) is 56.4 Å². The van der Waals surface area contributed by atoms with Gasteiger partial charge in [0.2, 0.25) is 5.91 Å². The number of carboxylic acids is 1. The summed E-state index contributed by atoms with van der Waals surface area (Å²) in [7, 11) is 0. The molecular formula is C25H28BrNO4. The van der Waals surface area contributed by atoms with Gasteiger partial charge in [-0.2, -0.15) is 0 Å². The molecule has 5 nitrogen and oxygen atoms in total. The first-order valence-electron chi connectivity index (χ1n) is 10.8. The molecule has 0 atom stereocenters. The molecule has 1 amide bonds. The molecule has 31 heavy (non-hydrogen) atoms. The van der Waals surface area contributed by atoms with E-state index in [0.29, 0.717) is 29.4 Å². The van der Waals surface area contributed by atoms with Gasteiger partial charge in [0.15, 0.2) is 0 Å². The molecule has 0 aliphatic heterocycles. The highest BCUT2D eigenvalue weighted by Crippen LogP contribution is 2.29. The Bertz CT molecular complexity index is 917. The van der Waals surface area contributed by atoms with Crippen molar-refractivity contribution in [2.24, 2.45) is 5.92 Å². The fourth-order valence-corrected chi connectivity index (χ4v) is 4.21. The van der Waals surface area contributed by atoms with Gasteiger partial charge in [0.1, 0.15) is 17.2 Å². The van der Waals surface area contributed by atoms with Crippen LogP contribution in [0, 0.1) is 5.92 Å². The molecule has 0 aromatic heterocycles. The minimum atomic E-state index is -1.16. The third-order valence-corrected chi connectivity index (χ3v) is 6.16. The van der Waals surface area contributed by atoms with E-state index in [-0.39, 0.29) is 11.6 Å². The third-order valence-electron chi connectivity index (χ3n) is 5.50. The van der Waals surface area contributed by atoms with E-state index in [1.165, 1.54) is 38.2 Å². The molecule has 6 heteroatoms. The topological polar surface area (TPSA) is 75.6 Å². The SMILES string of the molecule is O=C(CCCC1CCCCC1)NC(=Cc1ccc(Oc2ccccc2Br)cc1)C(=O)O. The number of ether oxygens (including phenoxy) is 1. The number of aliphatic carboxylic acids is 1. The Kier molecular flexibility index (Phi) is 8.71. The number of hydrogen-bond donors (Lipinski definition) is 2.